The van der Waals surface area contributed by atoms with Crippen LogP contribution in [0.3, 0.4) is 0 Å². The summed E-state index contributed by atoms with van der Waals surface area (Å²) in [4.78, 5) is 35.8. The van der Waals surface area contributed by atoms with E-state index >= 15 is 0 Å². The van der Waals surface area contributed by atoms with Gasteiger partial charge in [-0.2, -0.15) is 13.2 Å². The Kier molecular flexibility index (Phi) is 9.76. The molecule has 1 aliphatic rings. The zero-order valence-electron chi connectivity index (χ0n) is 23.7. The van der Waals surface area contributed by atoms with E-state index in [2.05, 4.69) is 16.8 Å². The lowest BCUT2D eigenvalue weighted by molar-refractivity contribution is -0.138. The number of carbonyl (C=O) groups excluding carboxylic acids is 2. The molecule has 43 heavy (non-hydrogen) atoms. The van der Waals surface area contributed by atoms with Crippen LogP contribution >= 0.6 is 22.9 Å². The summed E-state index contributed by atoms with van der Waals surface area (Å²) < 4.78 is 42.2. The minimum atomic E-state index is -4.58. The van der Waals surface area contributed by atoms with Crippen molar-refractivity contribution < 1.29 is 22.8 Å². The zero-order valence-corrected chi connectivity index (χ0v) is 25.2. The number of hydrogen-bond acceptors (Lipinski definition) is 6. The van der Waals surface area contributed by atoms with Gasteiger partial charge in [0.05, 0.1) is 5.56 Å². The van der Waals surface area contributed by atoms with Crippen LogP contribution in [0.2, 0.25) is 5.02 Å². The van der Waals surface area contributed by atoms with Crippen LogP contribution in [-0.2, 0) is 25.6 Å². The highest BCUT2D eigenvalue weighted by Crippen LogP contribution is 2.34. The van der Waals surface area contributed by atoms with Gasteiger partial charge in [0.1, 0.15) is 0 Å². The van der Waals surface area contributed by atoms with Crippen molar-refractivity contribution in [2.75, 3.05) is 32.7 Å². The summed E-state index contributed by atoms with van der Waals surface area (Å²) in [5.74, 6) is -0.626. The minimum absolute atomic E-state index is 0.00378. The first kappa shape index (κ1) is 31.1. The summed E-state index contributed by atoms with van der Waals surface area (Å²) in [6, 6.07) is 14.5. The first-order chi connectivity index (χ1) is 20.6. The summed E-state index contributed by atoms with van der Waals surface area (Å²) in [6.07, 6.45) is -1.50. The van der Waals surface area contributed by atoms with Crippen LogP contribution < -0.4 is 0 Å². The Morgan fingerprint density at radius 2 is 1.63 bits per heavy atom. The molecule has 0 saturated carbocycles. The van der Waals surface area contributed by atoms with Crippen molar-refractivity contribution in [3.8, 4) is 10.4 Å². The van der Waals surface area contributed by atoms with Crippen molar-refractivity contribution in [3.63, 3.8) is 0 Å². The van der Waals surface area contributed by atoms with E-state index in [9.17, 15) is 22.8 Å². The number of nitrogens with zero attached hydrogens (tertiary/aromatic N) is 3. The SMILES string of the molecule is CCN1CCN(Cc2ccc(C(=O)Cc3ccc(Cl)c(CC(=O)c4cncc(-c5cccs5)c4)c3)cc2C(F)(F)F)CC1. The van der Waals surface area contributed by atoms with Gasteiger partial charge in [0.15, 0.2) is 11.6 Å². The van der Waals surface area contributed by atoms with Crippen molar-refractivity contribution in [1.29, 1.82) is 0 Å². The third-order valence-electron chi connectivity index (χ3n) is 7.74. The van der Waals surface area contributed by atoms with Crippen molar-refractivity contribution in [3.05, 3.63) is 111 Å². The van der Waals surface area contributed by atoms with Crippen LogP contribution in [0.15, 0.2) is 72.4 Å². The number of Topliss-reactive ketones (excluding diaryl/α,β-unsaturated/α-hetero) is 2. The predicted octanol–water partition coefficient (Wildman–Crippen LogP) is 7.47. The molecule has 10 heteroatoms. The molecule has 0 aliphatic carbocycles. The smallest absolute Gasteiger partial charge is 0.301 e. The second-order valence-corrected chi connectivity index (χ2v) is 12.0. The Morgan fingerprint density at radius 3 is 2.33 bits per heavy atom. The molecule has 0 N–H and O–H groups in total. The molecule has 0 spiro atoms. The molecule has 0 atom stereocenters. The molecule has 0 amide bonds. The van der Waals surface area contributed by atoms with Crippen LogP contribution in [-0.4, -0.2) is 59.1 Å². The molecule has 1 saturated heterocycles. The van der Waals surface area contributed by atoms with Gasteiger partial charge in [-0.1, -0.05) is 48.9 Å². The number of piperazine rings is 1. The number of alkyl halides is 3. The zero-order chi connectivity index (χ0) is 30.6. The minimum Gasteiger partial charge on any atom is -0.301 e. The lowest BCUT2D eigenvalue weighted by Gasteiger charge is -2.34. The number of aromatic nitrogens is 1. The first-order valence-corrected chi connectivity index (χ1v) is 15.3. The Labute approximate surface area is 257 Å². The van der Waals surface area contributed by atoms with Crippen molar-refractivity contribution in [2.24, 2.45) is 0 Å². The fourth-order valence-corrected chi connectivity index (χ4v) is 6.16. The molecule has 0 radical (unpaired) electrons. The van der Waals surface area contributed by atoms with Gasteiger partial charge in [0.25, 0.3) is 0 Å². The van der Waals surface area contributed by atoms with E-state index in [-0.39, 0.29) is 36.3 Å². The number of hydrogen-bond donors (Lipinski definition) is 0. The van der Waals surface area contributed by atoms with Crippen LogP contribution in [0.4, 0.5) is 13.2 Å². The van der Waals surface area contributed by atoms with E-state index in [1.54, 1.807) is 41.8 Å². The summed E-state index contributed by atoms with van der Waals surface area (Å²) >= 11 is 7.95. The van der Waals surface area contributed by atoms with E-state index in [1.807, 2.05) is 22.4 Å². The second kappa shape index (κ2) is 13.5. The molecule has 224 valence electrons. The number of pyridine rings is 1. The molecule has 3 heterocycles. The summed E-state index contributed by atoms with van der Waals surface area (Å²) in [5.41, 5.74) is 1.76. The normalized spacial score (nSPS) is 14.6. The molecule has 1 fully saturated rings. The van der Waals surface area contributed by atoms with Gasteiger partial charge in [-0.15, -0.1) is 11.3 Å². The number of rotatable bonds is 10. The van der Waals surface area contributed by atoms with E-state index in [1.165, 1.54) is 18.3 Å². The van der Waals surface area contributed by atoms with Crippen LogP contribution in [0.25, 0.3) is 10.4 Å². The maximum absolute atomic E-state index is 14.1. The molecule has 4 aromatic rings. The molecule has 5 rings (SSSR count). The highest BCUT2D eigenvalue weighted by atomic mass is 35.5. The van der Waals surface area contributed by atoms with Gasteiger partial charge in [-0.25, -0.2) is 0 Å². The Hall–Kier alpha value is -3.37. The predicted molar refractivity (Wildman–Crippen MR) is 164 cm³/mol. The maximum Gasteiger partial charge on any atom is 0.416 e. The number of halogens is 4. The molecule has 0 bridgehead atoms. The molecular formula is C33H31ClF3N3O2S. The number of thiophene rings is 1. The highest BCUT2D eigenvalue weighted by molar-refractivity contribution is 7.13. The summed E-state index contributed by atoms with van der Waals surface area (Å²) in [6.45, 7) is 6.21. The van der Waals surface area contributed by atoms with Gasteiger partial charge in [0.2, 0.25) is 0 Å². The fourth-order valence-electron chi connectivity index (χ4n) is 5.26. The molecular weight excluding hydrogens is 595 g/mol. The topological polar surface area (TPSA) is 53.5 Å². The largest absolute Gasteiger partial charge is 0.416 e. The quantitative estimate of drug-likeness (QED) is 0.171. The van der Waals surface area contributed by atoms with Gasteiger partial charge in [-0.05, 0) is 52.9 Å². The number of carbonyl (C=O) groups is 2. The molecule has 1 aliphatic heterocycles. The van der Waals surface area contributed by atoms with Gasteiger partial charge in [0, 0.05) is 84.5 Å². The van der Waals surface area contributed by atoms with Crippen molar-refractivity contribution in [1.82, 2.24) is 14.8 Å². The Bertz CT molecular complexity index is 1600. The fraction of sp³-hybridized carbons (Fsp3) is 0.303. The van der Waals surface area contributed by atoms with E-state index in [0.717, 1.165) is 36.1 Å². The third-order valence-corrected chi connectivity index (χ3v) is 9.02. The van der Waals surface area contributed by atoms with Crippen LogP contribution in [0.5, 0.6) is 0 Å². The lowest BCUT2D eigenvalue weighted by Crippen LogP contribution is -2.45. The maximum atomic E-state index is 14.1. The standard InChI is InChI=1S/C33H31ClF3N3O2S/c1-2-39-9-11-40(12-10-39)21-24-7-6-23(17-28(24)33(35,36)37)30(41)15-22-5-8-29(34)25(14-22)18-31(42)26-16-27(20-38-19-26)32-4-3-13-43-32/h3-8,13-14,16-17,19-20H,2,9-12,15,18,21H2,1H3. The Morgan fingerprint density at radius 1 is 0.884 bits per heavy atom. The van der Waals surface area contributed by atoms with E-state index in [4.69, 9.17) is 11.6 Å². The highest BCUT2D eigenvalue weighted by Gasteiger charge is 2.34. The molecule has 2 aromatic carbocycles. The van der Waals surface area contributed by atoms with Gasteiger partial charge >= 0.3 is 6.18 Å². The Balaban J connectivity index is 1.29. The monoisotopic (exact) mass is 625 g/mol. The number of likely N-dealkylation sites (N-methyl/N-ethyl adjacent to an activating group) is 1. The van der Waals surface area contributed by atoms with E-state index < -0.39 is 17.5 Å². The third kappa shape index (κ3) is 7.78. The van der Waals surface area contributed by atoms with Gasteiger partial charge in [-0.3, -0.25) is 19.5 Å². The number of benzene rings is 2. The summed E-state index contributed by atoms with van der Waals surface area (Å²) in [7, 11) is 0. The average Bonchev–Trinajstić information content (AvgIpc) is 3.54. The molecule has 5 nitrogen and oxygen atoms in total. The van der Waals surface area contributed by atoms with Crippen molar-refractivity contribution in [2.45, 2.75) is 32.5 Å². The molecule has 0 unspecified atom stereocenters. The summed E-state index contributed by atoms with van der Waals surface area (Å²) in [5, 5.41) is 2.32. The van der Waals surface area contributed by atoms with E-state index in [0.29, 0.717) is 34.8 Å². The second-order valence-electron chi connectivity index (χ2n) is 10.6. The first-order valence-electron chi connectivity index (χ1n) is 14.1. The van der Waals surface area contributed by atoms with Crippen LogP contribution in [0, 0.1) is 0 Å². The lowest BCUT2D eigenvalue weighted by atomic mass is 9.95. The number of ketones is 2. The van der Waals surface area contributed by atoms with Gasteiger partial charge < -0.3 is 4.90 Å². The van der Waals surface area contributed by atoms with Crippen molar-refractivity contribution >= 4 is 34.5 Å². The average molecular weight is 626 g/mol. The van der Waals surface area contributed by atoms with Crippen LogP contribution in [0.1, 0.15) is 49.9 Å². The molecule has 2 aromatic heterocycles.